The number of aryl methyl sites for hydroxylation is 2. The van der Waals surface area contributed by atoms with E-state index in [0.717, 1.165) is 29.2 Å². The second-order valence-corrected chi connectivity index (χ2v) is 5.83. The zero-order chi connectivity index (χ0) is 16.9. The van der Waals surface area contributed by atoms with Crippen LogP contribution in [0.4, 0.5) is 5.69 Å². The second kappa shape index (κ2) is 7.13. The van der Waals surface area contributed by atoms with Crippen molar-refractivity contribution >= 4 is 11.9 Å². The lowest BCUT2D eigenvalue weighted by Gasteiger charge is -2.19. The molecule has 0 bridgehead atoms. The lowest BCUT2D eigenvalue weighted by molar-refractivity contribution is 0.731. The zero-order valence-corrected chi connectivity index (χ0v) is 14.3. The topological polar surface area (TPSA) is 33.4 Å². The number of benzene rings is 2. The van der Waals surface area contributed by atoms with E-state index in [4.69, 9.17) is 5.10 Å². The molecule has 0 spiro atoms. The predicted octanol–water partition coefficient (Wildman–Crippen LogP) is 4.08. The van der Waals surface area contributed by atoms with E-state index in [2.05, 4.69) is 48.4 Å². The number of anilines is 1. The van der Waals surface area contributed by atoms with Crippen LogP contribution in [0.2, 0.25) is 0 Å². The number of aromatic nitrogens is 2. The van der Waals surface area contributed by atoms with Crippen molar-refractivity contribution in [2.75, 3.05) is 5.01 Å². The summed E-state index contributed by atoms with van der Waals surface area (Å²) in [6, 6.07) is 20.6. The molecule has 0 fully saturated rings. The van der Waals surface area contributed by atoms with Gasteiger partial charge in [-0.1, -0.05) is 48.5 Å². The van der Waals surface area contributed by atoms with Crippen LogP contribution in [0.25, 0.3) is 0 Å². The minimum absolute atomic E-state index is 0.722. The fourth-order valence-corrected chi connectivity index (χ4v) is 2.66. The number of nitrogens with zero attached hydrogens (tertiary/aromatic N) is 4. The maximum Gasteiger partial charge on any atom is 0.0684 e. The molecule has 0 aliphatic carbocycles. The summed E-state index contributed by atoms with van der Waals surface area (Å²) in [6.45, 7) is 4.80. The Hall–Kier alpha value is -2.88. The molecule has 0 atom stereocenters. The average molecular weight is 318 g/mol. The Morgan fingerprint density at radius 2 is 1.62 bits per heavy atom. The first kappa shape index (κ1) is 16.0. The number of para-hydroxylation sites is 1. The van der Waals surface area contributed by atoms with Gasteiger partial charge < -0.3 is 0 Å². The smallest absolute Gasteiger partial charge is 0.0684 e. The average Bonchev–Trinajstić information content (AvgIpc) is 2.85. The second-order valence-electron chi connectivity index (χ2n) is 5.83. The SMILES string of the molecule is Cc1nn(C)c(C)c1/C=N\N(Cc1ccccc1)c1ccccc1. The van der Waals surface area contributed by atoms with Crippen LogP contribution in [0.1, 0.15) is 22.5 Å². The van der Waals surface area contributed by atoms with Crippen molar-refractivity contribution in [1.29, 1.82) is 0 Å². The van der Waals surface area contributed by atoms with Crippen molar-refractivity contribution < 1.29 is 0 Å². The largest absolute Gasteiger partial charge is 0.272 e. The van der Waals surface area contributed by atoms with Gasteiger partial charge in [0.05, 0.1) is 24.1 Å². The van der Waals surface area contributed by atoms with E-state index in [1.165, 1.54) is 5.56 Å². The van der Waals surface area contributed by atoms with Gasteiger partial charge in [-0.15, -0.1) is 0 Å². The first-order valence-electron chi connectivity index (χ1n) is 8.06. The van der Waals surface area contributed by atoms with Crippen molar-refractivity contribution in [1.82, 2.24) is 9.78 Å². The van der Waals surface area contributed by atoms with Gasteiger partial charge in [-0.25, -0.2) is 0 Å². The molecule has 3 rings (SSSR count). The van der Waals surface area contributed by atoms with E-state index >= 15 is 0 Å². The molecule has 0 unspecified atom stereocenters. The fourth-order valence-electron chi connectivity index (χ4n) is 2.66. The van der Waals surface area contributed by atoms with E-state index in [1.54, 1.807) is 0 Å². The highest BCUT2D eigenvalue weighted by Crippen LogP contribution is 2.18. The van der Waals surface area contributed by atoms with Crippen LogP contribution in [-0.4, -0.2) is 16.0 Å². The number of hydrogen-bond donors (Lipinski definition) is 0. The Kier molecular flexibility index (Phi) is 4.75. The highest BCUT2D eigenvalue weighted by atomic mass is 15.4. The maximum absolute atomic E-state index is 4.75. The lowest BCUT2D eigenvalue weighted by atomic mass is 10.2. The van der Waals surface area contributed by atoms with Crippen LogP contribution in [0, 0.1) is 13.8 Å². The van der Waals surface area contributed by atoms with E-state index in [-0.39, 0.29) is 0 Å². The van der Waals surface area contributed by atoms with Gasteiger partial charge in [0.25, 0.3) is 0 Å². The van der Waals surface area contributed by atoms with Crippen molar-refractivity contribution in [3.8, 4) is 0 Å². The molecule has 0 N–H and O–H groups in total. The van der Waals surface area contributed by atoms with Crippen molar-refractivity contribution in [2.24, 2.45) is 12.1 Å². The van der Waals surface area contributed by atoms with E-state index in [1.807, 2.05) is 54.1 Å². The minimum Gasteiger partial charge on any atom is -0.272 e. The van der Waals surface area contributed by atoms with Crippen molar-refractivity contribution in [3.05, 3.63) is 83.2 Å². The lowest BCUT2D eigenvalue weighted by Crippen LogP contribution is -2.16. The summed E-state index contributed by atoms with van der Waals surface area (Å²) in [5.74, 6) is 0. The number of hydrogen-bond acceptors (Lipinski definition) is 3. The highest BCUT2D eigenvalue weighted by Gasteiger charge is 2.09. The van der Waals surface area contributed by atoms with Crippen molar-refractivity contribution in [2.45, 2.75) is 20.4 Å². The van der Waals surface area contributed by atoms with Crippen LogP contribution in [0.15, 0.2) is 65.8 Å². The molecule has 0 amide bonds. The molecule has 3 aromatic rings. The zero-order valence-electron chi connectivity index (χ0n) is 14.3. The van der Waals surface area contributed by atoms with Gasteiger partial charge in [-0.3, -0.25) is 9.69 Å². The summed E-state index contributed by atoms with van der Waals surface area (Å²) in [4.78, 5) is 0. The summed E-state index contributed by atoms with van der Waals surface area (Å²) in [7, 11) is 1.96. The third kappa shape index (κ3) is 3.54. The molecule has 4 heteroatoms. The van der Waals surface area contributed by atoms with Gasteiger partial charge in [0, 0.05) is 18.3 Å². The number of hydrazone groups is 1. The van der Waals surface area contributed by atoms with E-state index in [9.17, 15) is 0 Å². The molecule has 0 saturated carbocycles. The summed E-state index contributed by atoms with van der Waals surface area (Å²) in [5.41, 5.74) is 5.47. The van der Waals surface area contributed by atoms with Crippen LogP contribution < -0.4 is 5.01 Å². The Morgan fingerprint density at radius 3 is 2.21 bits per heavy atom. The molecule has 1 aromatic heterocycles. The van der Waals surface area contributed by atoms with Gasteiger partial charge in [0.1, 0.15) is 0 Å². The van der Waals surface area contributed by atoms with Crippen molar-refractivity contribution in [3.63, 3.8) is 0 Å². The minimum atomic E-state index is 0.722. The van der Waals surface area contributed by atoms with Gasteiger partial charge in [0.15, 0.2) is 0 Å². The van der Waals surface area contributed by atoms with Crippen LogP contribution in [0.5, 0.6) is 0 Å². The quantitative estimate of drug-likeness (QED) is 0.525. The summed E-state index contributed by atoms with van der Waals surface area (Å²) >= 11 is 0. The first-order valence-corrected chi connectivity index (χ1v) is 8.06. The standard InChI is InChI=1S/C20H22N4/c1-16-20(17(2)23(3)22-16)14-21-24(19-12-8-5-9-13-19)15-18-10-6-4-7-11-18/h4-14H,15H2,1-3H3/b21-14-. The van der Waals surface area contributed by atoms with Crippen LogP contribution in [0.3, 0.4) is 0 Å². The highest BCUT2D eigenvalue weighted by molar-refractivity contribution is 5.83. The van der Waals surface area contributed by atoms with Gasteiger partial charge >= 0.3 is 0 Å². The Balaban J connectivity index is 1.91. The Bertz CT molecular complexity index is 820. The molecule has 2 aromatic carbocycles. The summed E-state index contributed by atoms with van der Waals surface area (Å²) in [6.07, 6.45) is 1.91. The molecule has 1 heterocycles. The molecule has 24 heavy (non-hydrogen) atoms. The third-order valence-corrected chi connectivity index (χ3v) is 4.12. The molecule has 0 aliphatic heterocycles. The third-order valence-electron chi connectivity index (χ3n) is 4.12. The number of rotatable bonds is 5. The fraction of sp³-hybridized carbons (Fsp3) is 0.200. The van der Waals surface area contributed by atoms with Crippen LogP contribution in [-0.2, 0) is 13.6 Å². The Labute approximate surface area is 143 Å². The van der Waals surface area contributed by atoms with E-state index in [0.29, 0.717) is 0 Å². The Morgan fingerprint density at radius 1 is 1.00 bits per heavy atom. The molecule has 4 nitrogen and oxygen atoms in total. The summed E-state index contributed by atoms with van der Waals surface area (Å²) in [5, 5.41) is 11.2. The molecule has 0 radical (unpaired) electrons. The molecule has 0 aliphatic rings. The van der Waals surface area contributed by atoms with E-state index < -0.39 is 0 Å². The normalized spacial score (nSPS) is 11.1. The maximum atomic E-state index is 4.75. The molecular weight excluding hydrogens is 296 g/mol. The van der Waals surface area contributed by atoms with Gasteiger partial charge in [-0.05, 0) is 31.5 Å². The van der Waals surface area contributed by atoms with Gasteiger partial charge in [-0.2, -0.15) is 10.2 Å². The van der Waals surface area contributed by atoms with Crippen LogP contribution >= 0.6 is 0 Å². The molecular formula is C20H22N4. The predicted molar refractivity (Wildman–Crippen MR) is 99.3 cm³/mol. The summed E-state index contributed by atoms with van der Waals surface area (Å²) < 4.78 is 1.89. The van der Waals surface area contributed by atoms with Gasteiger partial charge in [0.2, 0.25) is 0 Å². The monoisotopic (exact) mass is 318 g/mol. The first-order chi connectivity index (χ1) is 11.6. The molecule has 0 saturated heterocycles. The molecule has 122 valence electrons.